The third-order valence-electron chi connectivity index (χ3n) is 1.74. The fourth-order valence-corrected chi connectivity index (χ4v) is 2.92. The van der Waals surface area contributed by atoms with Gasteiger partial charge in [0.15, 0.2) is 0 Å². The Morgan fingerprint density at radius 1 is 1.00 bits per heavy atom. The Morgan fingerprint density at radius 2 is 1.53 bits per heavy atom. The van der Waals surface area contributed by atoms with Gasteiger partial charge in [-0.05, 0) is 27.7 Å². The van der Waals surface area contributed by atoms with Crippen LogP contribution in [0.3, 0.4) is 0 Å². The molecule has 0 spiro atoms. The third kappa shape index (κ3) is 4.76. The molecule has 6 nitrogen and oxygen atoms in total. The highest BCUT2D eigenvalue weighted by molar-refractivity contribution is 7.75. The largest absolute Gasteiger partial charge is 0.459 e. The number of carbonyl (C=O) groups excluding carboxylic acids is 1. The quantitative estimate of drug-likeness (QED) is 0.473. The van der Waals surface area contributed by atoms with Crippen LogP contribution in [-0.4, -0.2) is 38.2 Å². The molecule has 7 heteroatoms. The Bertz CT molecular complexity index is 262. The summed E-state index contributed by atoms with van der Waals surface area (Å²) in [5, 5.41) is 0. The van der Waals surface area contributed by atoms with Crippen LogP contribution in [0.5, 0.6) is 0 Å². The Hall–Kier alpha value is -0.420. The minimum Gasteiger partial charge on any atom is -0.459 e. The summed E-state index contributed by atoms with van der Waals surface area (Å²) in [6.07, 6.45) is 0. The Morgan fingerprint density at radius 3 is 1.88 bits per heavy atom. The van der Waals surface area contributed by atoms with Crippen LogP contribution in [0.4, 0.5) is 4.79 Å². The highest BCUT2D eigenvalue weighted by Gasteiger charge is 2.45. The van der Waals surface area contributed by atoms with Crippen LogP contribution in [0.2, 0.25) is 0 Å². The van der Waals surface area contributed by atoms with Crippen LogP contribution in [0.1, 0.15) is 27.7 Å². The Kier molecular flexibility index (Phi) is 8.43. The predicted octanol–water partition coefficient (Wildman–Crippen LogP) is 2.81. The summed E-state index contributed by atoms with van der Waals surface area (Å²) in [4.78, 5) is 11.7. The van der Waals surface area contributed by atoms with Crippen molar-refractivity contribution in [3.63, 3.8) is 0 Å². The summed E-state index contributed by atoms with van der Waals surface area (Å²) < 4.78 is 32.5. The van der Waals surface area contributed by atoms with Crippen LogP contribution < -0.4 is 0 Å². The van der Waals surface area contributed by atoms with Crippen LogP contribution in [0, 0.1) is 0 Å². The minimum atomic E-state index is -3.78. The van der Waals surface area contributed by atoms with Gasteiger partial charge in [0.1, 0.15) is 0 Å². The van der Waals surface area contributed by atoms with E-state index in [0.29, 0.717) is 0 Å². The lowest BCUT2D eigenvalue weighted by atomic mass is 10.9. The van der Waals surface area contributed by atoms with E-state index in [0.717, 1.165) is 0 Å². The zero-order valence-electron chi connectivity index (χ0n) is 10.8. The van der Waals surface area contributed by atoms with E-state index >= 15 is 0 Å². The van der Waals surface area contributed by atoms with Gasteiger partial charge in [0.05, 0.1) is 13.2 Å². The Labute approximate surface area is 102 Å². The lowest BCUT2D eigenvalue weighted by Crippen LogP contribution is -2.24. The van der Waals surface area contributed by atoms with Crippen LogP contribution in [0.15, 0.2) is 0 Å². The monoisotopic (exact) mass is 268 g/mol. The summed E-state index contributed by atoms with van der Waals surface area (Å²) in [5.41, 5.74) is -0.909. The fraction of sp³-hybridized carbons (Fsp3) is 0.900. The molecule has 0 rings (SSSR count). The van der Waals surface area contributed by atoms with Gasteiger partial charge in [0.25, 0.3) is 0 Å². The zero-order chi connectivity index (χ0) is 13.3. The zero-order valence-corrected chi connectivity index (χ0v) is 11.7. The first-order valence-corrected chi connectivity index (χ1v) is 7.40. The van der Waals surface area contributed by atoms with Crippen LogP contribution >= 0.6 is 7.37 Å². The van der Waals surface area contributed by atoms with E-state index in [-0.39, 0.29) is 26.4 Å². The van der Waals surface area contributed by atoms with E-state index in [1.807, 2.05) is 0 Å². The van der Waals surface area contributed by atoms with Gasteiger partial charge in [-0.25, -0.2) is 4.79 Å². The molecule has 0 aromatic carbocycles. The van der Waals surface area contributed by atoms with Gasteiger partial charge in [-0.1, -0.05) is 0 Å². The van der Waals surface area contributed by atoms with Gasteiger partial charge < -0.3 is 18.7 Å². The SMILES string of the molecule is CCOC(=O)P(=O)(OCC)C(OCC)OCC. The highest BCUT2D eigenvalue weighted by Crippen LogP contribution is 2.54. The number of rotatable bonds is 9. The molecule has 102 valence electrons. The predicted molar refractivity (Wildman–Crippen MR) is 63.3 cm³/mol. The Balaban J connectivity index is 4.97. The average Bonchev–Trinajstić information content (AvgIpc) is 2.29. The second kappa shape index (κ2) is 8.64. The van der Waals surface area contributed by atoms with Gasteiger partial charge in [-0.3, -0.25) is 4.57 Å². The molecule has 1 atom stereocenters. The van der Waals surface area contributed by atoms with Crippen molar-refractivity contribution in [2.75, 3.05) is 26.4 Å². The van der Waals surface area contributed by atoms with Crippen LogP contribution in [0.25, 0.3) is 0 Å². The van der Waals surface area contributed by atoms with E-state index in [1.165, 1.54) is 0 Å². The standard InChI is InChI=1S/C10H21O6P/c1-5-13-9(11)17(12,16-8-4)10(14-6-2)15-7-3/h10H,5-8H2,1-4H3. The fourth-order valence-electron chi connectivity index (χ4n) is 1.13. The maximum absolute atomic E-state index is 12.4. The topological polar surface area (TPSA) is 71.1 Å². The van der Waals surface area contributed by atoms with Crippen molar-refractivity contribution in [2.24, 2.45) is 0 Å². The van der Waals surface area contributed by atoms with Gasteiger partial charge >= 0.3 is 13.1 Å². The molecule has 0 aliphatic heterocycles. The first-order chi connectivity index (χ1) is 8.06. The molecule has 0 amide bonds. The number of carbonyl (C=O) groups is 1. The maximum Gasteiger partial charge on any atom is 0.396 e. The van der Waals surface area contributed by atoms with Crippen molar-refractivity contribution in [2.45, 2.75) is 33.7 Å². The maximum atomic E-state index is 12.4. The molecule has 0 aromatic rings. The van der Waals surface area contributed by atoms with Gasteiger partial charge in [-0.2, -0.15) is 0 Å². The van der Waals surface area contributed by atoms with Crippen LogP contribution in [-0.2, 0) is 23.3 Å². The molecule has 1 unspecified atom stereocenters. The van der Waals surface area contributed by atoms with E-state index in [2.05, 4.69) is 0 Å². The second-order valence-corrected chi connectivity index (χ2v) is 5.17. The van der Waals surface area contributed by atoms with Crippen molar-refractivity contribution < 1.29 is 28.1 Å². The first-order valence-electron chi connectivity index (χ1n) is 5.71. The third-order valence-corrected chi connectivity index (χ3v) is 3.87. The molecule has 0 saturated carbocycles. The van der Waals surface area contributed by atoms with E-state index < -0.39 is 19.1 Å². The van der Waals surface area contributed by atoms with Crippen molar-refractivity contribution in [1.29, 1.82) is 0 Å². The summed E-state index contributed by atoms with van der Waals surface area (Å²) in [6, 6.07) is -1.20. The van der Waals surface area contributed by atoms with Crippen molar-refractivity contribution in [3.05, 3.63) is 0 Å². The van der Waals surface area contributed by atoms with E-state index in [9.17, 15) is 9.36 Å². The molecule has 0 aliphatic carbocycles. The average molecular weight is 268 g/mol. The molecular weight excluding hydrogens is 247 g/mol. The molecule has 0 aliphatic rings. The van der Waals surface area contributed by atoms with Crippen molar-refractivity contribution in [3.8, 4) is 0 Å². The highest BCUT2D eigenvalue weighted by atomic mass is 31.2. The van der Waals surface area contributed by atoms with Gasteiger partial charge in [-0.15, -0.1) is 0 Å². The first kappa shape index (κ1) is 16.6. The lowest BCUT2D eigenvalue weighted by Gasteiger charge is -2.24. The summed E-state index contributed by atoms with van der Waals surface area (Å²) >= 11 is 0. The summed E-state index contributed by atoms with van der Waals surface area (Å²) in [6.45, 7) is 7.47. The van der Waals surface area contributed by atoms with E-state index in [4.69, 9.17) is 18.7 Å². The molecule has 17 heavy (non-hydrogen) atoms. The summed E-state index contributed by atoms with van der Waals surface area (Å²) in [5.74, 6) is 0. The molecule has 0 bridgehead atoms. The van der Waals surface area contributed by atoms with Crippen molar-refractivity contribution in [1.82, 2.24) is 0 Å². The van der Waals surface area contributed by atoms with Gasteiger partial charge in [0.2, 0.25) is 6.03 Å². The van der Waals surface area contributed by atoms with Crippen molar-refractivity contribution >= 4 is 13.1 Å². The lowest BCUT2D eigenvalue weighted by molar-refractivity contribution is -0.0883. The van der Waals surface area contributed by atoms with E-state index in [1.54, 1.807) is 27.7 Å². The molecule has 0 radical (unpaired) electrons. The second-order valence-electron chi connectivity index (χ2n) is 2.93. The molecule has 0 heterocycles. The number of hydrogen-bond acceptors (Lipinski definition) is 6. The smallest absolute Gasteiger partial charge is 0.396 e. The molecular formula is C10H21O6P. The number of ether oxygens (including phenoxy) is 3. The molecule has 0 fully saturated rings. The normalized spacial score (nSPS) is 14.6. The molecule has 0 N–H and O–H groups in total. The number of hydrogen-bond donors (Lipinski definition) is 0. The molecule has 0 saturated heterocycles. The minimum absolute atomic E-state index is 0.118. The summed E-state index contributed by atoms with van der Waals surface area (Å²) in [7, 11) is -3.78. The molecule has 0 aromatic heterocycles. The van der Waals surface area contributed by atoms with Gasteiger partial charge in [0, 0.05) is 13.2 Å².